The van der Waals surface area contributed by atoms with E-state index >= 15 is 0 Å². The lowest BCUT2D eigenvalue weighted by atomic mass is 10.2. The maximum absolute atomic E-state index is 11.7. The number of benzene rings is 2. The highest BCUT2D eigenvalue weighted by atomic mass is 32.2. The first-order chi connectivity index (χ1) is 10.8. The number of carbonyl (C=O) groups is 1. The molecule has 0 heterocycles. The Morgan fingerprint density at radius 2 is 1.70 bits per heavy atom. The summed E-state index contributed by atoms with van der Waals surface area (Å²) in [5, 5.41) is 0. The summed E-state index contributed by atoms with van der Waals surface area (Å²) in [6.45, 7) is 1.95. The zero-order valence-corrected chi connectivity index (χ0v) is 13.8. The minimum Gasteiger partial charge on any atom is -0.493 e. The molecule has 2 aromatic rings. The molecule has 0 aromatic heterocycles. The number of hydrogen-bond acceptors (Lipinski definition) is 5. The van der Waals surface area contributed by atoms with Crippen LogP contribution in [0.4, 0.5) is 0 Å². The molecule has 0 aliphatic heterocycles. The zero-order valence-electron chi connectivity index (χ0n) is 13.0. The second-order valence-electron chi connectivity index (χ2n) is 4.98. The first-order valence-electron chi connectivity index (χ1n) is 6.73. The first kappa shape index (κ1) is 16.8. The van der Waals surface area contributed by atoms with Crippen LogP contribution in [0.25, 0.3) is 0 Å². The van der Waals surface area contributed by atoms with Crippen LogP contribution in [0.15, 0.2) is 42.5 Å². The molecule has 1 N–H and O–H groups in total. The second kappa shape index (κ2) is 6.70. The molecule has 0 spiro atoms. The fourth-order valence-electron chi connectivity index (χ4n) is 1.89. The SMILES string of the molecule is COc1cc(C)ccc1Oc1ccc(C(=O)NS(C)(=O)=O)cc1. The average molecular weight is 335 g/mol. The second-order valence-corrected chi connectivity index (χ2v) is 6.73. The Bertz CT molecular complexity index is 813. The highest BCUT2D eigenvalue weighted by molar-refractivity contribution is 7.89. The van der Waals surface area contributed by atoms with Crippen LogP contribution in [-0.2, 0) is 10.0 Å². The van der Waals surface area contributed by atoms with Crippen LogP contribution in [0.2, 0.25) is 0 Å². The van der Waals surface area contributed by atoms with Crippen molar-refractivity contribution in [2.24, 2.45) is 0 Å². The fraction of sp³-hybridized carbons (Fsp3) is 0.188. The Morgan fingerprint density at radius 3 is 2.26 bits per heavy atom. The van der Waals surface area contributed by atoms with E-state index in [-0.39, 0.29) is 5.56 Å². The third kappa shape index (κ3) is 4.72. The van der Waals surface area contributed by atoms with Gasteiger partial charge < -0.3 is 9.47 Å². The molecular formula is C16H17NO5S. The number of aryl methyl sites for hydroxylation is 1. The van der Waals surface area contributed by atoms with E-state index in [9.17, 15) is 13.2 Å². The Hall–Kier alpha value is -2.54. The van der Waals surface area contributed by atoms with Gasteiger partial charge in [-0.05, 0) is 48.9 Å². The third-order valence-electron chi connectivity index (χ3n) is 2.94. The number of hydrogen-bond donors (Lipinski definition) is 1. The molecular weight excluding hydrogens is 318 g/mol. The van der Waals surface area contributed by atoms with Gasteiger partial charge in [0.05, 0.1) is 13.4 Å². The molecule has 0 bridgehead atoms. The van der Waals surface area contributed by atoms with Crippen LogP contribution in [0.3, 0.4) is 0 Å². The van der Waals surface area contributed by atoms with E-state index in [4.69, 9.17) is 9.47 Å². The van der Waals surface area contributed by atoms with Gasteiger partial charge in [0.25, 0.3) is 5.91 Å². The summed E-state index contributed by atoms with van der Waals surface area (Å²) in [6, 6.07) is 11.7. The number of sulfonamides is 1. The quantitative estimate of drug-likeness (QED) is 0.908. The van der Waals surface area contributed by atoms with Crippen molar-refractivity contribution >= 4 is 15.9 Å². The van der Waals surface area contributed by atoms with Crippen molar-refractivity contribution in [3.8, 4) is 17.2 Å². The Balaban J connectivity index is 2.16. The van der Waals surface area contributed by atoms with E-state index in [1.165, 1.54) is 12.1 Å². The highest BCUT2D eigenvalue weighted by Crippen LogP contribution is 2.32. The van der Waals surface area contributed by atoms with E-state index < -0.39 is 15.9 Å². The Labute approximate surface area is 135 Å². The Kier molecular flexibility index (Phi) is 4.90. The molecule has 6 nitrogen and oxygen atoms in total. The van der Waals surface area contributed by atoms with Crippen molar-refractivity contribution in [1.29, 1.82) is 0 Å². The summed E-state index contributed by atoms with van der Waals surface area (Å²) in [6.07, 6.45) is 0.923. The normalized spacial score (nSPS) is 10.9. The van der Waals surface area contributed by atoms with Crippen LogP contribution in [-0.4, -0.2) is 27.7 Å². The molecule has 0 aliphatic rings. The molecule has 0 aliphatic carbocycles. The maximum atomic E-state index is 11.7. The van der Waals surface area contributed by atoms with Gasteiger partial charge in [0.1, 0.15) is 5.75 Å². The minimum absolute atomic E-state index is 0.221. The summed E-state index contributed by atoms with van der Waals surface area (Å²) < 4.78 is 35.0. The molecule has 7 heteroatoms. The monoisotopic (exact) mass is 335 g/mol. The zero-order chi connectivity index (χ0) is 17.0. The van der Waals surface area contributed by atoms with Crippen LogP contribution < -0.4 is 14.2 Å². The summed E-state index contributed by atoms with van der Waals surface area (Å²) in [4.78, 5) is 11.7. The summed E-state index contributed by atoms with van der Waals surface area (Å²) in [5.41, 5.74) is 1.26. The lowest BCUT2D eigenvalue weighted by Gasteiger charge is -2.11. The largest absolute Gasteiger partial charge is 0.493 e. The predicted octanol–water partition coefficient (Wildman–Crippen LogP) is 2.49. The minimum atomic E-state index is -3.59. The van der Waals surface area contributed by atoms with E-state index in [2.05, 4.69) is 0 Å². The molecule has 0 saturated carbocycles. The van der Waals surface area contributed by atoms with Gasteiger partial charge >= 0.3 is 0 Å². The van der Waals surface area contributed by atoms with Crippen molar-refractivity contribution in [2.45, 2.75) is 6.92 Å². The van der Waals surface area contributed by atoms with Gasteiger partial charge in [-0.25, -0.2) is 13.1 Å². The van der Waals surface area contributed by atoms with Gasteiger partial charge in [0.2, 0.25) is 10.0 Å². The number of rotatable bonds is 5. The van der Waals surface area contributed by atoms with Crippen LogP contribution in [0, 0.1) is 6.92 Å². The van der Waals surface area contributed by atoms with Gasteiger partial charge in [-0.2, -0.15) is 0 Å². The molecule has 0 saturated heterocycles. The van der Waals surface area contributed by atoms with Gasteiger partial charge in [-0.3, -0.25) is 4.79 Å². The first-order valence-corrected chi connectivity index (χ1v) is 8.62. The van der Waals surface area contributed by atoms with Crippen molar-refractivity contribution in [3.05, 3.63) is 53.6 Å². The number of nitrogens with one attached hydrogen (secondary N) is 1. The molecule has 2 aromatic carbocycles. The predicted molar refractivity (Wildman–Crippen MR) is 86.6 cm³/mol. The van der Waals surface area contributed by atoms with Crippen LogP contribution in [0.5, 0.6) is 17.2 Å². The van der Waals surface area contributed by atoms with E-state index in [1.54, 1.807) is 25.3 Å². The number of methoxy groups -OCH3 is 1. The lowest BCUT2D eigenvalue weighted by molar-refractivity contribution is 0.0981. The molecule has 122 valence electrons. The number of amides is 1. The highest BCUT2D eigenvalue weighted by Gasteiger charge is 2.11. The van der Waals surface area contributed by atoms with Gasteiger partial charge in [0, 0.05) is 5.56 Å². The number of ether oxygens (including phenoxy) is 2. The standard InChI is InChI=1S/C16H17NO5S/c1-11-4-9-14(15(10-11)21-2)22-13-7-5-12(6-8-13)16(18)17-23(3,19)20/h4-10H,1-3H3,(H,17,18). The van der Waals surface area contributed by atoms with Gasteiger partial charge in [0.15, 0.2) is 11.5 Å². The maximum Gasteiger partial charge on any atom is 0.264 e. The third-order valence-corrected chi connectivity index (χ3v) is 3.50. The van der Waals surface area contributed by atoms with E-state index in [0.717, 1.165) is 11.8 Å². The molecule has 0 unspecified atom stereocenters. The van der Waals surface area contributed by atoms with Gasteiger partial charge in [-0.15, -0.1) is 0 Å². The average Bonchev–Trinajstić information content (AvgIpc) is 2.48. The fourth-order valence-corrected chi connectivity index (χ4v) is 2.34. The summed E-state index contributed by atoms with van der Waals surface area (Å²) in [7, 11) is -2.03. The lowest BCUT2D eigenvalue weighted by Crippen LogP contribution is -2.29. The van der Waals surface area contributed by atoms with E-state index in [0.29, 0.717) is 17.2 Å². The summed E-state index contributed by atoms with van der Waals surface area (Å²) >= 11 is 0. The molecule has 1 amide bonds. The molecule has 2 rings (SSSR count). The van der Waals surface area contributed by atoms with Crippen molar-refractivity contribution in [3.63, 3.8) is 0 Å². The van der Waals surface area contributed by atoms with Crippen molar-refractivity contribution < 1.29 is 22.7 Å². The molecule has 0 atom stereocenters. The molecule has 0 radical (unpaired) electrons. The van der Waals surface area contributed by atoms with E-state index in [1.807, 2.05) is 23.8 Å². The van der Waals surface area contributed by atoms with Gasteiger partial charge in [-0.1, -0.05) is 6.07 Å². The topological polar surface area (TPSA) is 81.7 Å². The number of carbonyl (C=O) groups excluding carboxylic acids is 1. The Morgan fingerprint density at radius 1 is 1.04 bits per heavy atom. The van der Waals surface area contributed by atoms with Crippen LogP contribution >= 0.6 is 0 Å². The molecule has 23 heavy (non-hydrogen) atoms. The van der Waals surface area contributed by atoms with Crippen molar-refractivity contribution in [2.75, 3.05) is 13.4 Å². The smallest absolute Gasteiger partial charge is 0.264 e. The van der Waals surface area contributed by atoms with Crippen molar-refractivity contribution in [1.82, 2.24) is 4.72 Å². The van der Waals surface area contributed by atoms with Crippen LogP contribution in [0.1, 0.15) is 15.9 Å². The molecule has 0 fully saturated rings. The summed E-state index contributed by atoms with van der Waals surface area (Å²) in [5.74, 6) is 0.963.